The van der Waals surface area contributed by atoms with Crippen LogP contribution in [0, 0.1) is 11.7 Å². The third-order valence-corrected chi connectivity index (χ3v) is 3.18. The van der Waals surface area contributed by atoms with Crippen molar-refractivity contribution in [1.29, 1.82) is 0 Å². The molecule has 5 heteroatoms. The highest BCUT2D eigenvalue weighted by Crippen LogP contribution is 2.29. The molecule has 0 saturated heterocycles. The minimum absolute atomic E-state index is 0.00183. The van der Waals surface area contributed by atoms with Gasteiger partial charge in [0.1, 0.15) is 11.9 Å². The van der Waals surface area contributed by atoms with Crippen molar-refractivity contribution in [2.45, 2.75) is 18.9 Å². The molecule has 1 aromatic carbocycles. The minimum atomic E-state index is -0.811. The fraction of sp³-hybridized carbons (Fsp3) is 0.417. The van der Waals surface area contributed by atoms with Gasteiger partial charge in [-0.2, -0.15) is 0 Å². The quantitative estimate of drug-likeness (QED) is 0.847. The van der Waals surface area contributed by atoms with Gasteiger partial charge in [-0.1, -0.05) is 23.7 Å². The lowest BCUT2D eigenvalue weighted by molar-refractivity contribution is -0.120. The number of nitrogens with one attached hydrogen (secondary N) is 1. The van der Waals surface area contributed by atoms with Gasteiger partial charge in [-0.05, 0) is 31.4 Å². The highest BCUT2D eigenvalue weighted by molar-refractivity contribution is 6.30. The summed E-state index contributed by atoms with van der Waals surface area (Å²) < 4.78 is 13.8. The second-order valence-corrected chi connectivity index (χ2v) is 4.74. The molecule has 1 amide bonds. The van der Waals surface area contributed by atoms with Crippen LogP contribution in [-0.2, 0) is 4.79 Å². The van der Waals surface area contributed by atoms with Gasteiger partial charge >= 0.3 is 0 Å². The molecule has 1 aliphatic rings. The van der Waals surface area contributed by atoms with Crippen molar-refractivity contribution in [3.8, 4) is 0 Å². The summed E-state index contributed by atoms with van der Waals surface area (Å²) in [5.74, 6) is -0.591. The summed E-state index contributed by atoms with van der Waals surface area (Å²) in [5.41, 5.74) is 5.50. The maximum atomic E-state index is 13.8. The van der Waals surface area contributed by atoms with Crippen molar-refractivity contribution in [1.82, 2.24) is 5.32 Å². The van der Waals surface area contributed by atoms with Crippen LogP contribution in [0.4, 0.5) is 4.39 Å². The predicted molar refractivity (Wildman–Crippen MR) is 64.1 cm³/mol. The molecule has 2 rings (SSSR count). The number of carbonyl (C=O) groups is 1. The monoisotopic (exact) mass is 256 g/mol. The van der Waals surface area contributed by atoms with E-state index in [2.05, 4.69) is 5.32 Å². The molecule has 1 atom stereocenters. The van der Waals surface area contributed by atoms with Gasteiger partial charge in [0.25, 0.3) is 0 Å². The lowest BCUT2D eigenvalue weighted by atomic mass is 10.1. The Hall–Kier alpha value is -1.13. The van der Waals surface area contributed by atoms with Gasteiger partial charge in [0.05, 0.1) is 5.02 Å². The first-order chi connectivity index (χ1) is 8.09. The summed E-state index contributed by atoms with van der Waals surface area (Å²) in [6.45, 7) is 0.680. The Morgan fingerprint density at radius 2 is 2.29 bits per heavy atom. The second kappa shape index (κ2) is 5.02. The second-order valence-electron chi connectivity index (χ2n) is 4.33. The molecule has 3 nitrogen and oxygen atoms in total. The van der Waals surface area contributed by atoms with E-state index >= 15 is 0 Å². The Kier molecular flexibility index (Phi) is 3.64. The van der Waals surface area contributed by atoms with Crippen LogP contribution in [0.15, 0.2) is 18.2 Å². The van der Waals surface area contributed by atoms with E-state index in [1.165, 1.54) is 12.1 Å². The van der Waals surface area contributed by atoms with Gasteiger partial charge in [-0.3, -0.25) is 4.79 Å². The smallest absolute Gasteiger partial charge is 0.239 e. The van der Waals surface area contributed by atoms with Crippen LogP contribution in [0.3, 0.4) is 0 Å². The first kappa shape index (κ1) is 12.3. The number of halogens is 2. The van der Waals surface area contributed by atoms with Crippen LogP contribution in [0.2, 0.25) is 5.02 Å². The van der Waals surface area contributed by atoms with Crippen LogP contribution in [0.1, 0.15) is 24.4 Å². The predicted octanol–water partition coefficient (Wildman–Crippen LogP) is 2.01. The molecule has 1 fully saturated rings. The van der Waals surface area contributed by atoms with Crippen molar-refractivity contribution in [3.05, 3.63) is 34.6 Å². The largest absolute Gasteiger partial charge is 0.368 e. The highest BCUT2D eigenvalue weighted by atomic mass is 35.5. The Bertz CT molecular complexity index is 435. The van der Waals surface area contributed by atoms with Gasteiger partial charge < -0.3 is 11.1 Å². The van der Waals surface area contributed by atoms with Crippen molar-refractivity contribution < 1.29 is 9.18 Å². The number of primary amides is 1. The van der Waals surface area contributed by atoms with Gasteiger partial charge in [0.2, 0.25) is 5.91 Å². The van der Waals surface area contributed by atoms with Crippen LogP contribution >= 0.6 is 11.6 Å². The first-order valence-corrected chi connectivity index (χ1v) is 5.94. The standard InChI is InChI=1S/C12H14ClFN2O/c13-9-3-1-2-8(10(9)14)11(12(15)17)16-6-7-4-5-7/h1-3,7,11,16H,4-6H2,(H2,15,17). The number of rotatable bonds is 5. The minimum Gasteiger partial charge on any atom is -0.368 e. The Morgan fingerprint density at radius 3 is 2.88 bits per heavy atom. The lowest BCUT2D eigenvalue weighted by Gasteiger charge is -2.16. The maximum Gasteiger partial charge on any atom is 0.239 e. The van der Waals surface area contributed by atoms with E-state index in [-0.39, 0.29) is 10.6 Å². The van der Waals surface area contributed by atoms with Crippen LogP contribution in [0.25, 0.3) is 0 Å². The zero-order valence-corrected chi connectivity index (χ0v) is 10.0. The first-order valence-electron chi connectivity index (χ1n) is 5.56. The molecule has 0 aliphatic heterocycles. The zero-order chi connectivity index (χ0) is 12.4. The molecule has 92 valence electrons. The Balaban J connectivity index is 2.18. The summed E-state index contributed by atoms with van der Waals surface area (Å²) in [6, 6.07) is 3.76. The lowest BCUT2D eigenvalue weighted by Crippen LogP contribution is -2.35. The number of hydrogen-bond acceptors (Lipinski definition) is 2. The van der Waals surface area contributed by atoms with E-state index in [9.17, 15) is 9.18 Å². The average molecular weight is 257 g/mol. The van der Waals surface area contributed by atoms with Crippen molar-refractivity contribution in [3.63, 3.8) is 0 Å². The van der Waals surface area contributed by atoms with Crippen molar-refractivity contribution in [2.75, 3.05) is 6.54 Å². The molecule has 1 unspecified atom stereocenters. The number of benzene rings is 1. The van der Waals surface area contributed by atoms with E-state index in [1.54, 1.807) is 6.07 Å². The van der Waals surface area contributed by atoms with Crippen molar-refractivity contribution >= 4 is 17.5 Å². The zero-order valence-electron chi connectivity index (χ0n) is 9.25. The summed E-state index contributed by atoms with van der Waals surface area (Å²) in [6.07, 6.45) is 2.30. The van der Waals surface area contributed by atoms with E-state index < -0.39 is 17.8 Å². The fourth-order valence-corrected chi connectivity index (χ4v) is 1.90. The molecule has 3 N–H and O–H groups in total. The van der Waals surface area contributed by atoms with E-state index in [0.29, 0.717) is 12.5 Å². The molecular formula is C12H14ClFN2O. The molecule has 0 radical (unpaired) electrons. The molecule has 0 spiro atoms. The van der Waals surface area contributed by atoms with Gasteiger partial charge in [-0.25, -0.2) is 4.39 Å². The molecular weight excluding hydrogens is 243 g/mol. The number of hydrogen-bond donors (Lipinski definition) is 2. The Labute approximate surface area is 104 Å². The van der Waals surface area contributed by atoms with Gasteiger partial charge in [-0.15, -0.1) is 0 Å². The third kappa shape index (κ3) is 2.96. The number of nitrogens with two attached hydrogens (primary N) is 1. The maximum absolute atomic E-state index is 13.8. The van der Waals surface area contributed by atoms with E-state index in [4.69, 9.17) is 17.3 Å². The van der Waals surface area contributed by atoms with Gasteiger partial charge in [0, 0.05) is 5.56 Å². The van der Waals surface area contributed by atoms with Crippen LogP contribution in [-0.4, -0.2) is 12.5 Å². The SMILES string of the molecule is NC(=O)C(NCC1CC1)c1cccc(Cl)c1F. The molecule has 0 aromatic heterocycles. The molecule has 17 heavy (non-hydrogen) atoms. The van der Waals surface area contributed by atoms with Crippen LogP contribution in [0.5, 0.6) is 0 Å². The summed E-state index contributed by atoms with van der Waals surface area (Å²) >= 11 is 5.68. The molecule has 1 saturated carbocycles. The molecule has 1 aliphatic carbocycles. The van der Waals surface area contributed by atoms with Crippen molar-refractivity contribution in [2.24, 2.45) is 11.7 Å². The summed E-state index contributed by atoms with van der Waals surface area (Å²) in [7, 11) is 0. The van der Waals surface area contributed by atoms with Crippen LogP contribution < -0.4 is 11.1 Å². The number of amides is 1. The third-order valence-electron chi connectivity index (χ3n) is 2.88. The Morgan fingerprint density at radius 1 is 1.59 bits per heavy atom. The fourth-order valence-electron chi connectivity index (χ4n) is 1.71. The topological polar surface area (TPSA) is 55.1 Å². The molecule has 1 aromatic rings. The van der Waals surface area contributed by atoms with Gasteiger partial charge in [0.15, 0.2) is 0 Å². The molecule has 0 bridgehead atoms. The number of carbonyl (C=O) groups excluding carboxylic acids is 1. The van der Waals surface area contributed by atoms with E-state index in [0.717, 1.165) is 12.8 Å². The van der Waals surface area contributed by atoms with E-state index in [1.807, 2.05) is 0 Å². The molecule has 0 heterocycles. The summed E-state index contributed by atoms with van der Waals surface area (Å²) in [4.78, 5) is 11.3. The highest BCUT2D eigenvalue weighted by Gasteiger charge is 2.26. The normalized spacial score (nSPS) is 16.8. The average Bonchev–Trinajstić information content (AvgIpc) is 3.07. The summed E-state index contributed by atoms with van der Waals surface area (Å²) in [5, 5.41) is 2.99.